The first kappa shape index (κ1) is 39.8. The molecule has 59 heavy (non-hydrogen) atoms. The normalized spacial score (nSPS) is 11.9. The standard InChI is InChI=1S/C46H38Br2FN5O5/c1-6-7-8-27-29-13-15-31(51-29)39(24-9-11-25(12-10-24)46(55)59-5)32-17-19-35(53-32)41(42-37(56-2)22-38(57-3)43(48)44(42)58-4)36-20-18-34(54-36)40(33-16-14-30(27)52-33)28-21-26(47)23-50-45(28)49/h9-23,52-53H,6-8H2,1-5H3. The number of halogens is 3. The van der Waals surface area contributed by atoms with Gasteiger partial charge in [0.15, 0.2) is 0 Å². The molecule has 0 saturated heterocycles. The number of aromatic amines is 2. The third kappa shape index (κ3) is 7.33. The molecular formula is C46H38Br2FN5O5. The molecular weight excluding hydrogens is 881 g/mol. The topological polar surface area (TPSA) is 124 Å². The summed E-state index contributed by atoms with van der Waals surface area (Å²) in [6.07, 6.45) is 11.9. The molecule has 2 aliphatic rings. The molecule has 0 unspecified atom stereocenters. The molecule has 0 atom stereocenters. The quantitative estimate of drug-likeness (QED) is 0.103. The lowest BCUT2D eigenvalue weighted by molar-refractivity contribution is 0.0600. The van der Waals surface area contributed by atoms with Gasteiger partial charge in [0.1, 0.15) is 21.7 Å². The Bertz CT molecular complexity index is 2880. The number of nitrogens with one attached hydrogen (secondary N) is 2. The van der Waals surface area contributed by atoms with Gasteiger partial charge < -0.3 is 28.9 Å². The second-order valence-electron chi connectivity index (χ2n) is 13.8. The number of carbonyl (C=O) groups excluding carboxylic acids is 1. The number of aromatic nitrogens is 5. The lowest BCUT2D eigenvalue weighted by atomic mass is 10.0. The minimum atomic E-state index is -0.640. The summed E-state index contributed by atoms with van der Waals surface area (Å²) in [6.45, 7) is 2.15. The van der Waals surface area contributed by atoms with Crippen molar-refractivity contribution in [1.82, 2.24) is 24.9 Å². The molecule has 298 valence electrons. The van der Waals surface area contributed by atoms with Gasteiger partial charge in [-0.2, -0.15) is 4.39 Å². The van der Waals surface area contributed by atoms with Gasteiger partial charge >= 0.3 is 5.97 Å². The zero-order valence-electron chi connectivity index (χ0n) is 32.8. The fourth-order valence-electron chi connectivity index (χ4n) is 7.55. The molecule has 0 saturated carbocycles. The molecule has 0 aliphatic carbocycles. The third-order valence-electron chi connectivity index (χ3n) is 10.4. The number of carbonyl (C=O) groups is 1. The first-order chi connectivity index (χ1) is 28.7. The van der Waals surface area contributed by atoms with E-state index in [4.69, 9.17) is 28.9 Å². The van der Waals surface area contributed by atoms with Gasteiger partial charge in [-0.1, -0.05) is 25.5 Å². The molecule has 8 bridgehead atoms. The van der Waals surface area contributed by atoms with Crippen molar-refractivity contribution in [3.63, 3.8) is 0 Å². The van der Waals surface area contributed by atoms with Crippen molar-refractivity contribution in [2.24, 2.45) is 0 Å². The van der Waals surface area contributed by atoms with Gasteiger partial charge in [0, 0.05) is 66.6 Å². The number of fused-ring (bicyclic) bond motifs is 8. The Morgan fingerprint density at radius 1 is 0.695 bits per heavy atom. The van der Waals surface area contributed by atoms with E-state index in [9.17, 15) is 4.79 Å². The summed E-state index contributed by atoms with van der Waals surface area (Å²) in [5.41, 5.74) is 10.6. The highest BCUT2D eigenvalue weighted by molar-refractivity contribution is 9.11. The van der Waals surface area contributed by atoms with Crippen molar-refractivity contribution in [2.45, 2.75) is 26.2 Å². The first-order valence-electron chi connectivity index (χ1n) is 18.8. The number of aryl methyl sites for hydroxylation is 1. The molecule has 2 N–H and O–H groups in total. The van der Waals surface area contributed by atoms with Crippen LogP contribution in [-0.4, -0.2) is 59.3 Å². The Morgan fingerprint density at radius 2 is 1.29 bits per heavy atom. The number of hydrogen-bond acceptors (Lipinski definition) is 8. The van der Waals surface area contributed by atoms with Crippen molar-refractivity contribution in [2.75, 3.05) is 28.4 Å². The van der Waals surface area contributed by atoms with E-state index in [0.29, 0.717) is 70.9 Å². The van der Waals surface area contributed by atoms with E-state index in [0.717, 1.165) is 58.4 Å². The largest absolute Gasteiger partial charge is 0.496 e. The molecule has 6 aromatic rings. The van der Waals surface area contributed by atoms with Crippen molar-refractivity contribution >= 4 is 84.2 Å². The van der Waals surface area contributed by atoms with Crippen molar-refractivity contribution in [3.8, 4) is 50.6 Å². The fourth-order valence-corrected chi connectivity index (χ4v) is 8.51. The number of ether oxygens (including phenoxy) is 4. The summed E-state index contributed by atoms with van der Waals surface area (Å²) in [5.74, 6) is 0.359. The van der Waals surface area contributed by atoms with Crippen LogP contribution >= 0.6 is 31.9 Å². The van der Waals surface area contributed by atoms with Crippen LogP contribution in [0, 0.1) is 5.95 Å². The average molecular weight is 920 g/mol. The summed E-state index contributed by atoms with van der Waals surface area (Å²) in [4.78, 5) is 34.4. The maximum atomic E-state index is 15.9. The van der Waals surface area contributed by atoms with Gasteiger partial charge in [-0.3, -0.25) is 0 Å². The van der Waals surface area contributed by atoms with Crippen LogP contribution in [0.3, 0.4) is 0 Å². The van der Waals surface area contributed by atoms with Crippen molar-refractivity contribution in [3.05, 3.63) is 116 Å². The number of methoxy groups -OCH3 is 4. The summed E-state index contributed by atoms with van der Waals surface area (Å²) >= 11 is 7.23. The van der Waals surface area contributed by atoms with Gasteiger partial charge in [0.2, 0.25) is 5.95 Å². The van der Waals surface area contributed by atoms with Gasteiger partial charge in [-0.05, 0) is 117 Å². The Hall–Kier alpha value is -6.05. The van der Waals surface area contributed by atoms with Crippen LogP contribution in [0.15, 0.2) is 75.8 Å². The first-order valence-corrected chi connectivity index (χ1v) is 20.4. The zero-order chi connectivity index (χ0) is 41.4. The Balaban J connectivity index is 1.58. The summed E-state index contributed by atoms with van der Waals surface area (Å²) in [7, 11) is 6.09. The molecule has 0 spiro atoms. The monoisotopic (exact) mass is 917 g/mol. The number of nitrogens with zero attached hydrogens (tertiary/aromatic N) is 3. The molecule has 0 radical (unpaired) electrons. The van der Waals surface area contributed by atoms with Crippen LogP contribution in [-0.2, 0) is 11.2 Å². The fraction of sp³-hybridized carbons (Fsp3) is 0.174. The second-order valence-corrected chi connectivity index (χ2v) is 15.5. The van der Waals surface area contributed by atoms with Crippen LogP contribution in [0.25, 0.3) is 79.8 Å². The van der Waals surface area contributed by atoms with Crippen LogP contribution in [0.1, 0.15) is 58.5 Å². The third-order valence-corrected chi connectivity index (χ3v) is 11.5. The lowest BCUT2D eigenvalue weighted by Gasteiger charge is -2.18. The van der Waals surface area contributed by atoms with Gasteiger partial charge in [-0.15, -0.1) is 0 Å². The van der Waals surface area contributed by atoms with E-state index in [1.807, 2.05) is 60.7 Å². The van der Waals surface area contributed by atoms with E-state index in [1.54, 1.807) is 45.6 Å². The molecule has 13 heteroatoms. The maximum Gasteiger partial charge on any atom is 0.337 e. The predicted octanol–water partition coefficient (Wildman–Crippen LogP) is 11.9. The van der Waals surface area contributed by atoms with Crippen molar-refractivity contribution < 1.29 is 28.1 Å². The predicted molar refractivity (Wildman–Crippen MR) is 238 cm³/mol. The van der Waals surface area contributed by atoms with Gasteiger partial charge in [0.05, 0.1) is 62.3 Å². The number of benzene rings is 2. The molecule has 2 aliphatic heterocycles. The van der Waals surface area contributed by atoms with Gasteiger partial charge in [-0.25, -0.2) is 19.7 Å². The Kier molecular flexibility index (Phi) is 11.2. The molecule has 8 rings (SSSR count). The van der Waals surface area contributed by atoms with Crippen molar-refractivity contribution in [1.29, 1.82) is 0 Å². The SMILES string of the molecule is CCCCc1c2nc(c(-c3ccc(C(=O)OC)cc3)c3ccc([nH]3)c(-c3c(OC)cc(OC)c(Br)c3OC)c3nc(c(-c4cc(Br)cnc4F)c4ccc1[nH]4)C=C3)C=C2. The number of unbranched alkanes of at least 4 members (excludes halogenated alkanes) is 1. The van der Waals surface area contributed by atoms with E-state index in [-0.39, 0.29) is 5.56 Å². The zero-order valence-corrected chi connectivity index (χ0v) is 36.0. The van der Waals surface area contributed by atoms with Crippen LogP contribution < -0.4 is 14.2 Å². The highest BCUT2D eigenvalue weighted by Gasteiger charge is 2.26. The lowest BCUT2D eigenvalue weighted by Crippen LogP contribution is -2.00. The minimum absolute atomic E-state index is 0.269. The highest BCUT2D eigenvalue weighted by Crippen LogP contribution is 2.50. The highest BCUT2D eigenvalue weighted by atomic mass is 79.9. The number of esters is 1. The number of hydrogen-bond donors (Lipinski definition) is 2. The van der Waals surface area contributed by atoms with E-state index >= 15 is 4.39 Å². The van der Waals surface area contributed by atoms with Crippen LogP contribution in [0.5, 0.6) is 17.2 Å². The summed E-state index contributed by atoms with van der Waals surface area (Å²) in [6, 6.07) is 18.7. The van der Waals surface area contributed by atoms with Crippen LogP contribution in [0.2, 0.25) is 0 Å². The van der Waals surface area contributed by atoms with E-state index in [1.165, 1.54) is 13.3 Å². The minimum Gasteiger partial charge on any atom is -0.496 e. The molecule has 10 nitrogen and oxygen atoms in total. The molecule has 2 aromatic carbocycles. The Labute approximate surface area is 356 Å². The van der Waals surface area contributed by atoms with E-state index in [2.05, 4.69) is 53.7 Å². The average Bonchev–Trinajstić information content (AvgIpc) is 4.10. The summed E-state index contributed by atoms with van der Waals surface area (Å²) < 4.78 is 39.9. The molecule has 0 amide bonds. The smallest absolute Gasteiger partial charge is 0.337 e. The number of H-pyrrole nitrogens is 2. The summed E-state index contributed by atoms with van der Waals surface area (Å²) in [5, 5.41) is 0. The molecule has 0 fully saturated rings. The molecule has 6 heterocycles. The van der Waals surface area contributed by atoms with Gasteiger partial charge in [0.25, 0.3) is 0 Å². The van der Waals surface area contributed by atoms with E-state index < -0.39 is 11.9 Å². The second kappa shape index (κ2) is 16.7. The number of rotatable bonds is 10. The maximum absolute atomic E-state index is 15.9. The van der Waals surface area contributed by atoms with Crippen LogP contribution in [0.4, 0.5) is 4.39 Å². The Morgan fingerprint density at radius 3 is 1.95 bits per heavy atom. The molecule has 4 aromatic heterocycles. The number of pyridine rings is 1.